The molecule has 0 atom stereocenters. The number of nitrogens with zero attached hydrogens (tertiary/aromatic N) is 1. The molecule has 1 aliphatic rings. The molecule has 0 saturated heterocycles. The normalized spacial score (nSPS) is 16.2. The van der Waals surface area contributed by atoms with Gasteiger partial charge in [-0.2, -0.15) is 0 Å². The van der Waals surface area contributed by atoms with Gasteiger partial charge in [-0.3, -0.25) is 4.90 Å². The average Bonchev–Trinajstić information content (AvgIpc) is 3.02. The molecule has 1 aliphatic carbocycles. The first kappa shape index (κ1) is 14.0. The Kier molecular flexibility index (Phi) is 4.41. The summed E-state index contributed by atoms with van der Waals surface area (Å²) in [6, 6.07) is 5.14. The van der Waals surface area contributed by atoms with Crippen molar-refractivity contribution in [3.63, 3.8) is 0 Å². The van der Waals surface area contributed by atoms with Crippen LogP contribution >= 0.6 is 23.6 Å². The summed E-state index contributed by atoms with van der Waals surface area (Å²) in [5, 5.41) is 2.15. The Bertz CT molecular complexity index is 394. The fraction of sp³-hybridized carbons (Fsp3) is 0.643. The van der Waals surface area contributed by atoms with Crippen LogP contribution in [0.3, 0.4) is 0 Å². The lowest BCUT2D eigenvalue weighted by Crippen LogP contribution is -2.35. The predicted octanol–water partition coefficient (Wildman–Crippen LogP) is 3.41. The Balaban J connectivity index is 1.89. The second-order valence-corrected chi connectivity index (χ2v) is 7.25. The van der Waals surface area contributed by atoms with Crippen LogP contribution in [0.5, 0.6) is 0 Å². The summed E-state index contributed by atoms with van der Waals surface area (Å²) < 4.78 is 0. The van der Waals surface area contributed by atoms with Crippen LogP contribution in [0.15, 0.2) is 17.5 Å². The number of hydrogen-bond acceptors (Lipinski definition) is 3. The van der Waals surface area contributed by atoms with E-state index in [1.54, 1.807) is 0 Å². The molecule has 0 aliphatic heterocycles. The third-order valence-electron chi connectivity index (χ3n) is 3.69. The van der Waals surface area contributed by atoms with E-state index in [0.29, 0.717) is 4.99 Å². The van der Waals surface area contributed by atoms with E-state index < -0.39 is 0 Å². The van der Waals surface area contributed by atoms with Crippen molar-refractivity contribution in [2.45, 2.75) is 45.7 Å². The van der Waals surface area contributed by atoms with Crippen molar-refractivity contribution in [1.29, 1.82) is 0 Å². The Morgan fingerprint density at radius 1 is 1.56 bits per heavy atom. The lowest BCUT2D eigenvalue weighted by atomic mass is 9.89. The van der Waals surface area contributed by atoms with Crippen LogP contribution in [0.2, 0.25) is 0 Å². The second-order valence-electron chi connectivity index (χ2n) is 5.78. The summed E-state index contributed by atoms with van der Waals surface area (Å²) in [5.74, 6) is 0. The molecule has 0 unspecified atom stereocenters. The maximum atomic E-state index is 5.80. The average molecular weight is 282 g/mol. The smallest absolute Gasteiger partial charge is 0.0784 e. The topological polar surface area (TPSA) is 29.3 Å². The summed E-state index contributed by atoms with van der Waals surface area (Å²) in [6.07, 6.45) is 3.74. The van der Waals surface area contributed by atoms with Crippen LogP contribution in [0.25, 0.3) is 0 Å². The van der Waals surface area contributed by atoms with E-state index in [9.17, 15) is 0 Å². The molecule has 18 heavy (non-hydrogen) atoms. The van der Waals surface area contributed by atoms with Gasteiger partial charge >= 0.3 is 0 Å². The number of rotatable bonds is 7. The van der Waals surface area contributed by atoms with Crippen molar-refractivity contribution in [2.75, 3.05) is 6.54 Å². The van der Waals surface area contributed by atoms with Gasteiger partial charge in [0, 0.05) is 22.9 Å². The van der Waals surface area contributed by atoms with Gasteiger partial charge in [0.15, 0.2) is 0 Å². The Hall–Kier alpha value is -0.450. The standard InChI is InChI=1S/C14H22N2S2/c1-14(2,13(15)17)7-8-16(11-5-6-11)10-12-4-3-9-18-12/h3-4,9,11H,5-8,10H2,1-2H3,(H2,15,17). The van der Waals surface area contributed by atoms with Gasteiger partial charge in [0.25, 0.3) is 0 Å². The minimum Gasteiger partial charge on any atom is -0.393 e. The lowest BCUT2D eigenvalue weighted by molar-refractivity contribution is 0.230. The van der Waals surface area contributed by atoms with E-state index in [1.807, 2.05) is 11.3 Å². The lowest BCUT2D eigenvalue weighted by Gasteiger charge is -2.28. The van der Waals surface area contributed by atoms with E-state index in [1.165, 1.54) is 17.7 Å². The van der Waals surface area contributed by atoms with Gasteiger partial charge in [-0.1, -0.05) is 32.1 Å². The second kappa shape index (κ2) is 5.68. The molecule has 4 heteroatoms. The minimum absolute atomic E-state index is 0.0298. The van der Waals surface area contributed by atoms with Gasteiger partial charge < -0.3 is 5.73 Å². The van der Waals surface area contributed by atoms with Gasteiger partial charge in [0.05, 0.1) is 4.99 Å². The highest BCUT2D eigenvalue weighted by molar-refractivity contribution is 7.80. The van der Waals surface area contributed by atoms with E-state index >= 15 is 0 Å². The van der Waals surface area contributed by atoms with Crippen molar-refractivity contribution >= 4 is 28.5 Å². The summed E-state index contributed by atoms with van der Waals surface area (Å²) >= 11 is 6.99. The monoisotopic (exact) mass is 282 g/mol. The molecule has 2 N–H and O–H groups in total. The summed E-state index contributed by atoms with van der Waals surface area (Å²) in [7, 11) is 0. The Labute approximate surface area is 119 Å². The molecule has 0 spiro atoms. The molecular formula is C14H22N2S2. The minimum atomic E-state index is -0.0298. The third-order valence-corrected chi connectivity index (χ3v) is 5.11. The summed E-state index contributed by atoms with van der Waals surface area (Å²) in [5.41, 5.74) is 5.77. The van der Waals surface area contributed by atoms with Crippen molar-refractivity contribution in [2.24, 2.45) is 11.1 Å². The van der Waals surface area contributed by atoms with Crippen LogP contribution in [-0.4, -0.2) is 22.5 Å². The van der Waals surface area contributed by atoms with E-state index in [-0.39, 0.29) is 5.41 Å². The molecule has 1 aromatic heterocycles. The van der Waals surface area contributed by atoms with Gasteiger partial charge in [-0.15, -0.1) is 11.3 Å². The van der Waals surface area contributed by atoms with E-state index in [2.05, 4.69) is 36.3 Å². The Morgan fingerprint density at radius 3 is 2.78 bits per heavy atom. The molecule has 0 bridgehead atoms. The SMILES string of the molecule is CC(C)(CCN(Cc1cccs1)C1CC1)C(N)=S. The van der Waals surface area contributed by atoms with Crippen molar-refractivity contribution in [3.05, 3.63) is 22.4 Å². The highest BCUT2D eigenvalue weighted by atomic mass is 32.1. The highest BCUT2D eigenvalue weighted by Gasteiger charge is 2.31. The van der Waals surface area contributed by atoms with Gasteiger partial charge in [0.2, 0.25) is 0 Å². The molecule has 0 amide bonds. The van der Waals surface area contributed by atoms with Crippen LogP contribution in [0, 0.1) is 5.41 Å². The van der Waals surface area contributed by atoms with Gasteiger partial charge in [0.1, 0.15) is 0 Å². The summed E-state index contributed by atoms with van der Waals surface area (Å²) in [4.78, 5) is 4.68. The first-order valence-corrected chi connectivity index (χ1v) is 7.84. The molecule has 1 saturated carbocycles. The number of hydrogen-bond donors (Lipinski definition) is 1. The zero-order valence-electron chi connectivity index (χ0n) is 11.2. The van der Waals surface area contributed by atoms with Crippen molar-refractivity contribution < 1.29 is 0 Å². The third kappa shape index (κ3) is 3.77. The van der Waals surface area contributed by atoms with Crippen LogP contribution in [0.1, 0.15) is 38.0 Å². The fourth-order valence-electron chi connectivity index (χ4n) is 1.98. The van der Waals surface area contributed by atoms with Crippen LogP contribution in [-0.2, 0) is 6.54 Å². The largest absolute Gasteiger partial charge is 0.393 e. The molecule has 1 aromatic rings. The van der Waals surface area contributed by atoms with Crippen molar-refractivity contribution in [1.82, 2.24) is 4.90 Å². The quantitative estimate of drug-likeness (QED) is 0.777. The molecule has 1 fully saturated rings. The molecule has 1 heterocycles. The van der Waals surface area contributed by atoms with Gasteiger partial charge in [-0.25, -0.2) is 0 Å². The maximum absolute atomic E-state index is 5.80. The fourth-order valence-corrected chi connectivity index (χ4v) is 2.81. The molecule has 100 valence electrons. The van der Waals surface area contributed by atoms with Crippen LogP contribution < -0.4 is 5.73 Å². The summed E-state index contributed by atoms with van der Waals surface area (Å²) in [6.45, 7) is 6.46. The predicted molar refractivity (Wildman–Crippen MR) is 82.9 cm³/mol. The van der Waals surface area contributed by atoms with E-state index in [0.717, 1.165) is 25.6 Å². The molecule has 0 radical (unpaired) electrons. The molecule has 0 aromatic carbocycles. The number of thiocarbonyl (C=S) groups is 1. The molecule has 2 rings (SSSR count). The first-order chi connectivity index (χ1) is 8.49. The van der Waals surface area contributed by atoms with Crippen LogP contribution in [0.4, 0.5) is 0 Å². The first-order valence-electron chi connectivity index (χ1n) is 6.55. The van der Waals surface area contributed by atoms with Crippen molar-refractivity contribution in [3.8, 4) is 0 Å². The maximum Gasteiger partial charge on any atom is 0.0784 e. The number of nitrogens with two attached hydrogens (primary N) is 1. The molecule has 2 nitrogen and oxygen atoms in total. The molecular weight excluding hydrogens is 260 g/mol. The zero-order chi connectivity index (χ0) is 13.2. The van der Waals surface area contributed by atoms with Gasteiger partial charge in [-0.05, 0) is 37.3 Å². The Morgan fingerprint density at radius 2 is 2.28 bits per heavy atom. The van der Waals surface area contributed by atoms with E-state index in [4.69, 9.17) is 18.0 Å². The zero-order valence-corrected chi connectivity index (χ0v) is 12.8. The number of thiophene rings is 1. The highest BCUT2D eigenvalue weighted by Crippen LogP contribution is 2.31.